The van der Waals surface area contributed by atoms with Gasteiger partial charge in [0.15, 0.2) is 0 Å². The van der Waals surface area contributed by atoms with Crippen LogP contribution in [0.2, 0.25) is 0 Å². The summed E-state index contributed by atoms with van der Waals surface area (Å²) in [5.74, 6) is 0.523. The average Bonchev–Trinajstić information content (AvgIpc) is 3.18. The highest BCUT2D eigenvalue weighted by molar-refractivity contribution is 5.83. The number of aromatic amines is 1. The Balaban J connectivity index is 1.47. The van der Waals surface area contributed by atoms with Gasteiger partial charge in [0, 0.05) is 37.3 Å². The van der Waals surface area contributed by atoms with E-state index in [2.05, 4.69) is 30.6 Å². The molecular weight excluding hydrogens is 282 g/mol. The largest absolute Gasteiger partial charge is 0.349 e. The van der Waals surface area contributed by atoms with E-state index in [0.29, 0.717) is 12.3 Å². The number of hydrogen-bond donors (Lipinski definition) is 3. The van der Waals surface area contributed by atoms with Gasteiger partial charge in [0.25, 0.3) is 0 Å². The maximum absolute atomic E-state index is 12.4. The Morgan fingerprint density at radius 3 is 3.32 bits per heavy atom. The van der Waals surface area contributed by atoms with Crippen LogP contribution in [0.5, 0.6) is 0 Å². The molecule has 8 heteroatoms. The maximum atomic E-state index is 12.4. The molecule has 0 saturated heterocycles. The molecule has 112 valence electrons. The van der Waals surface area contributed by atoms with Crippen LogP contribution >= 0.6 is 0 Å². The highest BCUT2D eigenvalue weighted by Crippen LogP contribution is 2.19. The Labute approximate surface area is 126 Å². The van der Waals surface area contributed by atoms with Crippen molar-refractivity contribution in [1.29, 1.82) is 0 Å². The molecule has 1 aliphatic rings. The summed E-state index contributed by atoms with van der Waals surface area (Å²) in [7, 11) is 0. The standard InChI is InChI=1S/C14H15N7O/c22-13(12-11-10(2-4-15-12)18-8-19-11)17-6-9-7-21-5-1-3-16-14(21)20-9/h1,3,5,7-8,12,15H,2,4,6H2,(H,17,22)(H,18,19)/t12-/m1/s1. The van der Waals surface area contributed by atoms with Gasteiger partial charge in [-0.15, -0.1) is 0 Å². The molecule has 1 aliphatic heterocycles. The summed E-state index contributed by atoms with van der Waals surface area (Å²) in [5, 5.41) is 6.09. The third-order valence-corrected chi connectivity index (χ3v) is 3.74. The van der Waals surface area contributed by atoms with Gasteiger partial charge in [0.05, 0.1) is 24.3 Å². The summed E-state index contributed by atoms with van der Waals surface area (Å²) < 4.78 is 1.83. The molecule has 4 rings (SSSR count). The summed E-state index contributed by atoms with van der Waals surface area (Å²) in [6.07, 6.45) is 7.91. The van der Waals surface area contributed by atoms with Crippen LogP contribution in [0, 0.1) is 0 Å². The van der Waals surface area contributed by atoms with Crippen molar-refractivity contribution in [2.75, 3.05) is 6.54 Å². The van der Waals surface area contributed by atoms with E-state index in [1.54, 1.807) is 12.5 Å². The van der Waals surface area contributed by atoms with E-state index in [4.69, 9.17) is 0 Å². The Bertz CT molecular complexity index is 788. The molecule has 0 fully saturated rings. The first-order chi connectivity index (χ1) is 10.8. The topological polar surface area (TPSA) is 100 Å². The number of nitrogens with one attached hydrogen (secondary N) is 3. The predicted molar refractivity (Wildman–Crippen MR) is 77.9 cm³/mol. The third-order valence-electron chi connectivity index (χ3n) is 3.74. The summed E-state index contributed by atoms with van der Waals surface area (Å²) in [6, 6.07) is 1.42. The fraction of sp³-hybridized carbons (Fsp3) is 0.286. The van der Waals surface area contributed by atoms with E-state index in [0.717, 1.165) is 30.0 Å². The highest BCUT2D eigenvalue weighted by Gasteiger charge is 2.28. The maximum Gasteiger partial charge on any atom is 0.243 e. The van der Waals surface area contributed by atoms with Gasteiger partial charge < -0.3 is 15.6 Å². The molecule has 0 bridgehead atoms. The zero-order valence-corrected chi connectivity index (χ0v) is 11.8. The first kappa shape index (κ1) is 13.0. The number of H-pyrrole nitrogens is 1. The van der Waals surface area contributed by atoms with Crippen LogP contribution < -0.4 is 10.6 Å². The lowest BCUT2D eigenvalue weighted by molar-refractivity contribution is -0.123. The van der Waals surface area contributed by atoms with Gasteiger partial charge >= 0.3 is 0 Å². The monoisotopic (exact) mass is 297 g/mol. The van der Waals surface area contributed by atoms with Gasteiger partial charge in [-0.05, 0) is 6.07 Å². The van der Waals surface area contributed by atoms with Gasteiger partial charge in [-0.3, -0.25) is 9.20 Å². The van der Waals surface area contributed by atoms with Gasteiger partial charge in [-0.25, -0.2) is 15.0 Å². The number of nitrogens with zero attached hydrogens (tertiary/aromatic N) is 4. The minimum Gasteiger partial charge on any atom is -0.349 e. The van der Waals surface area contributed by atoms with Crippen molar-refractivity contribution < 1.29 is 4.79 Å². The number of carbonyl (C=O) groups excluding carboxylic acids is 1. The molecule has 8 nitrogen and oxygen atoms in total. The van der Waals surface area contributed by atoms with E-state index < -0.39 is 6.04 Å². The van der Waals surface area contributed by atoms with Gasteiger partial charge in [0.2, 0.25) is 11.7 Å². The minimum atomic E-state index is -0.412. The van der Waals surface area contributed by atoms with E-state index in [1.165, 1.54) is 0 Å². The minimum absolute atomic E-state index is 0.0990. The van der Waals surface area contributed by atoms with Crippen molar-refractivity contribution in [2.45, 2.75) is 19.0 Å². The van der Waals surface area contributed by atoms with Gasteiger partial charge in [-0.2, -0.15) is 0 Å². The Morgan fingerprint density at radius 1 is 1.45 bits per heavy atom. The fourth-order valence-corrected chi connectivity index (χ4v) is 2.68. The smallest absolute Gasteiger partial charge is 0.243 e. The molecule has 1 atom stereocenters. The molecule has 0 unspecified atom stereocenters. The number of amides is 1. The lowest BCUT2D eigenvalue weighted by atomic mass is 10.1. The van der Waals surface area contributed by atoms with Crippen LogP contribution in [0.3, 0.4) is 0 Å². The lowest BCUT2D eigenvalue weighted by Gasteiger charge is -2.21. The first-order valence-corrected chi connectivity index (χ1v) is 7.13. The van der Waals surface area contributed by atoms with E-state index in [1.807, 2.05) is 22.9 Å². The van der Waals surface area contributed by atoms with Crippen LogP contribution in [0.1, 0.15) is 23.1 Å². The second-order valence-electron chi connectivity index (χ2n) is 5.18. The zero-order valence-electron chi connectivity index (χ0n) is 11.8. The first-order valence-electron chi connectivity index (χ1n) is 7.13. The number of rotatable bonds is 3. The Morgan fingerprint density at radius 2 is 2.41 bits per heavy atom. The number of aromatic nitrogens is 5. The predicted octanol–water partition coefficient (Wildman–Crippen LogP) is -0.0444. The molecule has 0 aliphatic carbocycles. The molecule has 0 saturated carbocycles. The SMILES string of the molecule is O=C(NCc1cn2cccnc2n1)[C@@H]1NCCc2[nH]cnc21. The fourth-order valence-electron chi connectivity index (χ4n) is 2.68. The van der Waals surface area contributed by atoms with E-state index in [-0.39, 0.29) is 5.91 Å². The molecule has 3 aromatic heterocycles. The number of imidazole rings is 2. The molecule has 3 aromatic rings. The molecule has 22 heavy (non-hydrogen) atoms. The summed E-state index contributed by atoms with van der Waals surface area (Å²) in [5.41, 5.74) is 2.57. The zero-order chi connectivity index (χ0) is 14.9. The highest BCUT2D eigenvalue weighted by atomic mass is 16.2. The molecule has 3 N–H and O–H groups in total. The van der Waals surface area contributed by atoms with Gasteiger partial charge in [-0.1, -0.05) is 0 Å². The van der Waals surface area contributed by atoms with Crippen LogP contribution in [-0.2, 0) is 17.8 Å². The number of carbonyl (C=O) groups is 1. The molecule has 1 amide bonds. The molecule has 4 heterocycles. The second-order valence-corrected chi connectivity index (χ2v) is 5.18. The Hall–Kier alpha value is -2.74. The summed E-state index contributed by atoms with van der Waals surface area (Å²) in [4.78, 5) is 28.2. The van der Waals surface area contributed by atoms with Crippen molar-refractivity contribution in [2.24, 2.45) is 0 Å². The van der Waals surface area contributed by atoms with Crippen LogP contribution in [0.25, 0.3) is 5.78 Å². The third kappa shape index (κ3) is 2.23. The normalized spacial score (nSPS) is 17.4. The van der Waals surface area contributed by atoms with Crippen LogP contribution in [0.4, 0.5) is 0 Å². The van der Waals surface area contributed by atoms with E-state index in [9.17, 15) is 4.79 Å². The van der Waals surface area contributed by atoms with E-state index >= 15 is 0 Å². The number of fused-ring (bicyclic) bond motifs is 2. The van der Waals surface area contributed by atoms with Crippen molar-refractivity contribution in [3.63, 3.8) is 0 Å². The van der Waals surface area contributed by atoms with Crippen LogP contribution in [0.15, 0.2) is 31.0 Å². The van der Waals surface area contributed by atoms with Crippen LogP contribution in [-0.4, -0.2) is 36.8 Å². The summed E-state index contributed by atoms with van der Waals surface area (Å²) >= 11 is 0. The molecular formula is C14H15N7O. The summed E-state index contributed by atoms with van der Waals surface area (Å²) in [6.45, 7) is 1.12. The lowest BCUT2D eigenvalue weighted by Crippen LogP contribution is -2.41. The molecule has 0 aromatic carbocycles. The average molecular weight is 297 g/mol. The molecule has 0 radical (unpaired) electrons. The van der Waals surface area contributed by atoms with Crippen molar-refractivity contribution >= 4 is 11.7 Å². The van der Waals surface area contributed by atoms with Crippen molar-refractivity contribution in [1.82, 2.24) is 35.0 Å². The second kappa shape index (κ2) is 5.23. The quantitative estimate of drug-likeness (QED) is 0.629. The Kier molecular flexibility index (Phi) is 3.08. The molecule has 0 spiro atoms. The van der Waals surface area contributed by atoms with Crippen molar-refractivity contribution in [3.8, 4) is 0 Å². The number of hydrogen-bond acceptors (Lipinski definition) is 5. The van der Waals surface area contributed by atoms with Gasteiger partial charge in [0.1, 0.15) is 6.04 Å². The van der Waals surface area contributed by atoms with Crippen molar-refractivity contribution in [3.05, 3.63) is 48.1 Å².